The third-order valence-corrected chi connectivity index (χ3v) is 7.60. The zero-order valence-corrected chi connectivity index (χ0v) is 13.0. The number of hydrogen-bond donors (Lipinski definition) is 0. The third-order valence-electron chi connectivity index (χ3n) is 3.70. The molecule has 1 saturated heterocycles. The standard InChI is InChI=1S/C12H17ClN2O2S2/c13-9-11-3-4-12(18-11)19(16,17)15-7-5-14(6-8-15)10-1-2-10/h3-4,10H,1-2,5-9H2. The predicted octanol–water partition coefficient (Wildman–Crippen LogP) is 1.96. The summed E-state index contributed by atoms with van der Waals surface area (Å²) < 4.78 is 27.0. The maximum atomic E-state index is 12.5. The van der Waals surface area contributed by atoms with E-state index in [1.807, 2.05) is 0 Å². The summed E-state index contributed by atoms with van der Waals surface area (Å²) in [7, 11) is -3.31. The second-order valence-corrected chi connectivity index (χ2v) is 8.63. The highest BCUT2D eigenvalue weighted by atomic mass is 35.5. The molecule has 1 saturated carbocycles. The van der Waals surface area contributed by atoms with Gasteiger partial charge in [0, 0.05) is 37.1 Å². The summed E-state index contributed by atoms with van der Waals surface area (Å²) in [6.07, 6.45) is 2.55. The Hall–Kier alpha value is -0.140. The molecule has 0 bridgehead atoms. The molecule has 1 aromatic rings. The Labute approximate surface area is 123 Å². The van der Waals surface area contributed by atoms with E-state index in [0.717, 1.165) is 24.0 Å². The molecule has 4 nitrogen and oxygen atoms in total. The van der Waals surface area contributed by atoms with Gasteiger partial charge in [0.2, 0.25) is 0 Å². The Morgan fingerprint density at radius 2 is 1.89 bits per heavy atom. The van der Waals surface area contributed by atoms with E-state index in [9.17, 15) is 8.42 Å². The molecule has 1 aromatic heterocycles. The SMILES string of the molecule is O=S(=O)(c1ccc(CCl)s1)N1CCN(C2CC2)CC1. The molecule has 1 aliphatic carbocycles. The maximum Gasteiger partial charge on any atom is 0.252 e. The quantitative estimate of drug-likeness (QED) is 0.796. The molecule has 3 rings (SSSR count). The van der Waals surface area contributed by atoms with E-state index in [1.165, 1.54) is 24.2 Å². The van der Waals surface area contributed by atoms with Gasteiger partial charge in [0.05, 0.1) is 5.88 Å². The Bertz CT molecular complexity index is 546. The van der Waals surface area contributed by atoms with Crippen molar-refractivity contribution >= 4 is 33.0 Å². The first-order chi connectivity index (χ1) is 9.11. The summed E-state index contributed by atoms with van der Waals surface area (Å²) >= 11 is 7.01. The second kappa shape index (κ2) is 5.33. The van der Waals surface area contributed by atoms with Crippen molar-refractivity contribution in [3.63, 3.8) is 0 Å². The van der Waals surface area contributed by atoms with Crippen molar-refractivity contribution in [2.45, 2.75) is 29.0 Å². The van der Waals surface area contributed by atoms with Crippen LogP contribution in [0.1, 0.15) is 17.7 Å². The van der Waals surface area contributed by atoms with Crippen molar-refractivity contribution in [2.24, 2.45) is 0 Å². The first kappa shape index (κ1) is 13.8. The van der Waals surface area contributed by atoms with Gasteiger partial charge in [-0.2, -0.15) is 4.31 Å². The molecular formula is C12H17ClN2O2S2. The fourth-order valence-electron chi connectivity index (χ4n) is 2.44. The zero-order chi connectivity index (χ0) is 13.5. The van der Waals surface area contributed by atoms with Crippen LogP contribution in [0.3, 0.4) is 0 Å². The zero-order valence-electron chi connectivity index (χ0n) is 10.6. The Morgan fingerprint density at radius 3 is 2.42 bits per heavy atom. The molecule has 0 aromatic carbocycles. The third kappa shape index (κ3) is 2.83. The average molecular weight is 321 g/mol. The summed E-state index contributed by atoms with van der Waals surface area (Å²) in [5.41, 5.74) is 0. The smallest absolute Gasteiger partial charge is 0.252 e. The number of halogens is 1. The molecule has 19 heavy (non-hydrogen) atoms. The van der Waals surface area contributed by atoms with Gasteiger partial charge in [0.25, 0.3) is 10.0 Å². The molecule has 2 fully saturated rings. The van der Waals surface area contributed by atoms with Crippen molar-refractivity contribution in [3.05, 3.63) is 17.0 Å². The maximum absolute atomic E-state index is 12.5. The van der Waals surface area contributed by atoms with Crippen LogP contribution in [-0.2, 0) is 15.9 Å². The van der Waals surface area contributed by atoms with Crippen LogP contribution in [0.5, 0.6) is 0 Å². The number of alkyl halides is 1. The lowest BCUT2D eigenvalue weighted by Gasteiger charge is -2.33. The van der Waals surface area contributed by atoms with E-state index < -0.39 is 10.0 Å². The molecule has 0 unspecified atom stereocenters. The first-order valence-corrected chi connectivity index (χ1v) is 9.29. The minimum Gasteiger partial charge on any atom is -0.298 e. The molecule has 0 N–H and O–H groups in total. The normalized spacial score (nSPS) is 22.8. The van der Waals surface area contributed by atoms with Crippen LogP contribution >= 0.6 is 22.9 Å². The van der Waals surface area contributed by atoms with E-state index in [4.69, 9.17) is 11.6 Å². The van der Waals surface area contributed by atoms with E-state index in [1.54, 1.807) is 16.4 Å². The monoisotopic (exact) mass is 320 g/mol. The highest BCUT2D eigenvalue weighted by Crippen LogP contribution is 2.30. The Balaban J connectivity index is 1.70. The molecule has 0 atom stereocenters. The fraction of sp³-hybridized carbons (Fsp3) is 0.667. The van der Waals surface area contributed by atoms with Gasteiger partial charge in [-0.3, -0.25) is 4.90 Å². The molecule has 2 aliphatic rings. The lowest BCUT2D eigenvalue weighted by molar-refractivity contribution is 0.181. The number of hydrogen-bond acceptors (Lipinski definition) is 4. The van der Waals surface area contributed by atoms with Crippen molar-refractivity contribution in [2.75, 3.05) is 26.2 Å². The summed E-state index contributed by atoms with van der Waals surface area (Å²) in [6, 6.07) is 4.19. The first-order valence-electron chi connectivity index (χ1n) is 6.50. The van der Waals surface area contributed by atoms with Crippen LogP contribution < -0.4 is 0 Å². The number of piperazine rings is 1. The van der Waals surface area contributed by atoms with Crippen LogP contribution in [0, 0.1) is 0 Å². The van der Waals surface area contributed by atoms with E-state index in [-0.39, 0.29) is 0 Å². The van der Waals surface area contributed by atoms with Crippen LogP contribution in [0.25, 0.3) is 0 Å². The van der Waals surface area contributed by atoms with Gasteiger partial charge in [-0.25, -0.2) is 8.42 Å². The van der Waals surface area contributed by atoms with Crippen LogP contribution in [0.15, 0.2) is 16.3 Å². The molecule has 7 heteroatoms. The summed E-state index contributed by atoms with van der Waals surface area (Å²) in [6.45, 7) is 2.93. The fourth-order valence-corrected chi connectivity index (χ4v) is 5.48. The van der Waals surface area contributed by atoms with Crippen molar-refractivity contribution in [3.8, 4) is 0 Å². The minimum absolute atomic E-state index is 0.371. The molecule has 106 valence electrons. The van der Waals surface area contributed by atoms with E-state index in [0.29, 0.717) is 23.2 Å². The highest BCUT2D eigenvalue weighted by Gasteiger charge is 2.35. The number of sulfonamides is 1. The molecule has 0 spiro atoms. The Morgan fingerprint density at radius 1 is 1.21 bits per heavy atom. The highest BCUT2D eigenvalue weighted by molar-refractivity contribution is 7.91. The van der Waals surface area contributed by atoms with Gasteiger partial charge < -0.3 is 0 Å². The molecule has 2 heterocycles. The van der Waals surface area contributed by atoms with Gasteiger partial charge in [0.15, 0.2) is 0 Å². The van der Waals surface area contributed by atoms with Crippen LogP contribution in [-0.4, -0.2) is 49.8 Å². The van der Waals surface area contributed by atoms with Gasteiger partial charge in [-0.05, 0) is 25.0 Å². The lowest BCUT2D eigenvalue weighted by Crippen LogP contribution is -2.49. The van der Waals surface area contributed by atoms with Gasteiger partial charge in [-0.1, -0.05) is 0 Å². The topological polar surface area (TPSA) is 40.6 Å². The predicted molar refractivity (Wildman–Crippen MR) is 77.2 cm³/mol. The minimum atomic E-state index is -3.31. The largest absolute Gasteiger partial charge is 0.298 e. The van der Waals surface area contributed by atoms with Gasteiger partial charge >= 0.3 is 0 Å². The number of rotatable bonds is 4. The Kier molecular flexibility index (Phi) is 3.88. The van der Waals surface area contributed by atoms with Crippen molar-refractivity contribution in [1.29, 1.82) is 0 Å². The molecule has 0 radical (unpaired) electrons. The van der Waals surface area contributed by atoms with Gasteiger partial charge in [0.1, 0.15) is 4.21 Å². The molecule has 0 amide bonds. The van der Waals surface area contributed by atoms with Crippen molar-refractivity contribution < 1.29 is 8.42 Å². The molecule has 1 aliphatic heterocycles. The lowest BCUT2D eigenvalue weighted by atomic mass is 10.3. The average Bonchev–Trinajstić information content (AvgIpc) is 3.15. The number of thiophene rings is 1. The van der Waals surface area contributed by atoms with E-state index >= 15 is 0 Å². The second-order valence-electron chi connectivity index (χ2n) is 5.03. The van der Waals surface area contributed by atoms with Gasteiger partial charge in [-0.15, -0.1) is 22.9 Å². The summed E-state index contributed by atoms with van der Waals surface area (Å²) in [5, 5.41) is 0. The summed E-state index contributed by atoms with van der Waals surface area (Å²) in [4.78, 5) is 3.31. The van der Waals surface area contributed by atoms with E-state index in [2.05, 4.69) is 4.90 Å². The summed E-state index contributed by atoms with van der Waals surface area (Å²) in [5.74, 6) is 0.371. The van der Waals surface area contributed by atoms with Crippen LogP contribution in [0.2, 0.25) is 0 Å². The number of nitrogens with zero attached hydrogens (tertiary/aromatic N) is 2. The van der Waals surface area contributed by atoms with Crippen LogP contribution in [0.4, 0.5) is 0 Å². The molecular weight excluding hydrogens is 304 g/mol. The van der Waals surface area contributed by atoms with Crippen molar-refractivity contribution in [1.82, 2.24) is 9.21 Å².